The van der Waals surface area contributed by atoms with Crippen LogP contribution in [0.3, 0.4) is 0 Å². The summed E-state index contributed by atoms with van der Waals surface area (Å²) in [5, 5.41) is 2.38. The molecule has 0 fully saturated rings. The number of pyridine rings is 1. The number of hydrogen-bond donors (Lipinski definition) is 1. The molecule has 0 aliphatic rings. The number of rotatable bonds is 3. The Labute approximate surface area is 98.0 Å². The highest BCUT2D eigenvalue weighted by molar-refractivity contribution is 5.97. The van der Waals surface area contributed by atoms with Gasteiger partial charge in [-0.15, -0.1) is 0 Å². The van der Waals surface area contributed by atoms with Gasteiger partial charge in [0, 0.05) is 6.20 Å². The topological polar surface area (TPSA) is 68.3 Å². The maximum atomic E-state index is 13.3. The van der Waals surface area contributed by atoms with E-state index in [9.17, 15) is 14.0 Å². The average molecular weight is 240 g/mol. The van der Waals surface area contributed by atoms with Gasteiger partial charge in [0.1, 0.15) is 5.54 Å². The van der Waals surface area contributed by atoms with Crippen LogP contribution in [-0.2, 0) is 9.53 Å². The lowest BCUT2D eigenvalue weighted by Gasteiger charge is -2.23. The van der Waals surface area contributed by atoms with Crippen LogP contribution in [0.5, 0.6) is 0 Å². The molecule has 0 saturated heterocycles. The summed E-state index contributed by atoms with van der Waals surface area (Å²) in [4.78, 5) is 26.6. The van der Waals surface area contributed by atoms with Gasteiger partial charge in [0.25, 0.3) is 5.91 Å². The van der Waals surface area contributed by atoms with E-state index in [1.807, 2.05) is 0 Å². The molecular formula is C11H13FN2O3. The van der Waals surface area contributed by atoms with Gasteiger partial charge >= 0.3 is 5.97 Å². The number of esters is 1. The van der Waals surface area contributed by atoms with Crippen molar-refractivity contribution in [2.45, 2.75) is 19.4 Å². The summed E-state index contributed by atoms with van der Waals surface area (Å²) in [6, 6.07) is 1.23. The molecule has 1 aromatic rings. The van der Waals surface area contributed by atoms with Crippen LogP contribution in [0.25, 0.3) is 0 Å². The van der Waals surface area contributed by atoms with Crippen LogP contribution in [0, 0.1) is 5.82 Å². The zero-order valence-electron chi connectivity index (χ0n) is 9.78. The van der Waals surface area contributed by atoms with Gasteiger partial charge in [0.2, 0.25) is 0 Å². The van der Waals surface area contributed by atoms with Gasteiger partial charge < -0.3 is 10.1 Å². The molecule has 0 saturated carbocycles. The molecule has 0 aromatic carbocycles. The van der Waals surface area contributed by atoms with Gasteiger partial charge in [-0.3, -0.25) is 9.78 Å². The van der Waals surface area contributed by atoms with Crippen LogP contribution in [0.15, 0.2) is 18.5 Å². The zero-order valence-corrected chi connectivity index (χ0v) is 9.78. The van der Waals surface area contributed by atoms with E-state index in [0.717, 1.165) is 6.20 Å². The summed E-state index contributed by atoms with van der Waals surface area (Å²) in [6.07, 6.45) is 2.23. The molecule has 1 N–H and O–H groups in total. The first-order valence-electron chi connectivity index (χ1n) is 4.89. The van der Waals surface area contributed by atoms with Gasteiger partial charge in [-0.05, 0) is 19.9 Å². The first-order chi connectivity index (χ1) is 7.88. The molecule has 0 aliphatic heterocycles. The molecule has 0 aliphatic carbocycles. The van der Waals surface area contributed by atoms with Crippen molar-refractivity contribution < 1.29 is 18.7 Å². The second-order valence-corrected chi connectivity index (χ2v) is 3.93. The van der Waals surface area contributed by atoms with E-state index in [4.69, 9.17) is 0 Å². The molecule has 0 unspecified atom stereocenters. The molecular weight excluding hydrogens is 227 g/mol. The summed E-state index contributed by atoms with van der Waals surface area (Å²) in [5.74, 6) is -2.05. The van der Waals surface area contributed by atoms with Crippen LogP contribution in [0.1, 0.15) is 24.2 Å². The molecule has 1 amide bonds. The predicted octanol–water partition coefficient (Wildman–Crippen LogP) is 0.902. The van der Waals surface area contributed by atoms with Crippen molar-refractivity contribution in [3.05, 3.63) is 29.8 Å². The molecule has 6 heteroatoms. The molecule has 1 heterocycles. The van der Waals surface area contributed by atoms with Gasteiger partial charge in [-0.1, -0.05) is 0 Å². The number of nitrogens with one attached hydrogen (secondary N) is 1. The quantitative estimate of drug-likeness (QED) is 0.797. The van der Waals surface area contributed by atoms with Gasteiger partial charge in [0.15, 0.2) is 5.82 Å². The summed E-state index contributed by atoms with van der Waals surface area (Å²) in [5.41, 5.74) is -1.39. The SMILES string of the molecule is COC(=O)C(C)(C)NC(=O)c1ccncc1F. The van der Waals surface area contributed by atoms with Gasteiger partial charge in [0.05, 0.1) is 18.9 Å². The molecule has 1 aromatic heterocycles. The Balaban J connectivity index is 2.87. The predicted molar refractivity (Wildman–Crippen MR) is 57.8 cm³/mol. The number of halogens is 1. The summed E-state index contributed by atoms with van der Waals surface area (Å²) in [7, 11) is 1.21. The lowest BCUT2D eigenvalue weighted by Crippen LogP contribution is -2.50. The molecule has 92 valence electrons. The van der Waals surface area contributed by atoms with E-state index >= 15 is 0 Å². The third-order valence-electron chi connectivity index (χ3n) is 2.14. The largest absolute Gasteiger partial charge is 0.467 e. The molecule has 0 bridgehead atoms. The zero-order chi connectivity index (χ0) is 13.1. The Bertz CT molecular complexity index is 446. The van der Waals surface area contributed by atoms with Crippen LogP contribution in [0.4, 0.5) is 4.39 Å². The normalized spacial score (nSPS) is 10.8. The average Bonchev–Trinajstić information content (AvgIpc) is 2.27. The fourth-order valence-electron chi connectivity index (χ4n) is 1.22. The fourth-order valence-corrected chi connectivity index (χ4v) is 1.22. The van der Waals surface area contributed by atoms with E-state index in [1.165, 1.54) is 33.2 Å². The van der Waals surface area contributed by atoms with E-state index in [0.29, 0.717) is 0 Å². The lowest BCUT2D eigenvalue weighted by molar-refractivity contribution is -0.146. The highest BCUT2D eigenvalue weighted by atomic mass is 19.1. The van der Waals surface area contributed by atoms with E-state index in [-0.39, 0.29) is 5.56 Å². The summed E-state index contributed by atoms with van der Waals surface area (Å²) < 4.78 is 17.8. The van der Waals surface area contributed by atoms with Crippen LogP contribution in [-0.4, -0.2) is 29.5 Å². The fraction of sp³-hybridized carbons (Fsp3) is 0.364. The van der Waals surface area contributed by atoms with Crippen molar-refractivity contribution in [3.63, 3.8) is 0 Å². The molecule has 0 radical (unpaired) electrons. The summed E-state index contributed by atoms with van der Waals surface area (Å²) >= 11 is 0. The first kappa shape index (κ1) is 13.1. The minimum Gasteiger partial charge on any atom is -0.467 e. The number of aromatic nitrogens is 1. The molecule has 0 spiro atoms. The van der Waals surface area contributed by atoms with Crippen molar-refractivity contribution in [3.8, 4) is 0 Å². The smallest absolute Gasteiger partial charge is 0.330 e. The Kier molecular flexibility index (Phi) is 3.77. The maximum absolute atomic E-state index is 13.3. The second kappa shape index (κ2) is 4.90. The minimum atomic E-state index is -1.22. The number of nitrogens with zero attached hydrogens (tertiary/aromatic N) is 1. The lowest BCUT2D eigenvalue weighted by atomic mass is 10.1. The number of amides is 1. The van der Waals surface area contributed by atoms with Crippen molar-refractivity contribution >= 4 is 11.9 Å². The second-order valence-electron chi connectivity index (χ2n) is 3.93. The Hall–Kier alpha value is -1.98. The molecule has 5 nitrogen and oxygen atoms in total. The van der Waals surface area contributed by atoms with Crippen LogP contribution >= 0.6 is 0 Å². The third-order valence-corrected chi connectivity index (χ3v) is 2.14. The van der Waals surface area contributed by atoms with Crippen molar-refractivity contribution in [1.29, 1.82) is 0 Å². The van der Waals surface area contributed by atoms with Crippen LogP contribution in [0.2, 0.25) is 0 Å². The number of ether oxygens (including phenoxy) is 1. The molecule has 1 rings (SSSR count). The number of carbonyl (C=O) groups excluding carboxylic acids is 2. The van der Waals surface area contributed by atoms with Gasteiger partial charge in [-0.25, -0.2) is 9.18 Å². The number of methoxy groups -OCH3 is 1. The van der Waals surface area contributed by atoms with Crippen molar-refractivity contribution in [2.24, 2.45) is 0 Å². The highest BCUT2D eigenvalue weighted by Crippen LogP contribution is 2.09. The Morgan fingerprint density at radius 2 is 2.12 bits per heavy atom. The molecule has 17 heavy (non-hydrogen) atoms. The van der Waals surface area contributed by atoms with Gasteiger partial charge in [-0.2, -0.15) is 0 Å². The monoisotopic (exact) mass is 240 g/mol. The third kappa shape index (κ3) is 2.99. The van der Waals surface area contributed by atoms with E-state index in [1.54, 1.807) is 0 Å². The van der Waals surface area contributed by atoms with E-state index < -0.39 is 23.2 Å². The van der Waals surface area contributed by atoms with E-state index in [2.05, 4.69) is 15.0 Å². The van der Waals surface area contributed by atoms with Crippen molar-refractivity contribution in [1.82, 2.24) is 10.3 Å². The molecule has 0 atom stereocenters. The van der Waals surface area contributed by atoms with Crippen LogP contribution < -0.4 is 5.32 Å². The Morgan fingerprint density at radius 3 is 2.65 bits per heavy atom. The summed E-state index contributed by atoms with van der Waals surface area (Å²) in [6.45, 7) is 2.94. The maximum Gasteiger partial charge on any atom is 0.330 e. The number of carbonyl (C=O) groups is 2. The first-order valence-corrected chi connectivity index (χ1v) is 4.89. The number of hydrogen-bond acceptors (Lipinski definition) is 4. The minimum absolute atomic E-state index is 0.169. The van der Waals surface area contributed by atoms with Crippen molar-refractivity contribution in [2.75, 3.05) is 7.11 Å². The Morgan fingerprint density at radius 1 is 1.47 bits per heavy atom. The highest BCUT2D eigenvalue weighted by Gasteiger charge is 2.31. The standard InChI is InChI=1S/C11H13FN2O3/c1-11(2,10(16)17-3)14-9(15)7-4-5-13-6-8(7)12/h4-6H,1-3H3,(H,14,15).